The number of hydrogen-bond acceptors (Lipinski definition) is 3. The lowest BCUT2D eigenvalue weighted by atomic mass is 9.87. The molecule has 22 heavy (non-hydrogen) atoms. The molecule has 0 saturated carbocycles. The maximum absolute atomic E-state index is 12.9. The van der Waals surface area contributed by atoms with Crippen molar-refractivity contribution in [3.05, 3.63) is 29.8 Å². The van der Waals surface area contributed by atoms with Crippen molar-refractivity contribution in [3.8, 4) is 0 Å². The van der Waals surface area contributed by atoms with Crippen molar-refractivity contribution in [2.24, 2.45) is 11.8 Å². The summed E-state index contributed by atoms with van der Waals surface area (Å²) >= 11 is 0. The lowest BCUT2D eigenvalue weighted by molar-refractivity contribution is -0.138. The maximum Gasteiger partial charge on any atom is 0.226 e. The molecule has 1 amide bonds. The minimum atomic E-state index is 0.138. The zero-order chi connectivity index (χ0) is 15.7. The molecule has 2 heterocycles. The van der Waals surface area contributed by atoms with E-state index in [1.165, 1.54) is 11.3 Å². The highest BCUT2D eigenvalue weighted by atomic mass is 16.2. The number of rotatable bonds is 4. The monoisotopic (exact) mass is 301 g/mol. The second-order valence-electron chi connectivity index (χ2n) is 6.89. The lowest BCUT2D eigenvalue weighted by Gasteiger charge is -2.36. The SMILES string of the molecule is CC(C(=O)N1CCCC1c1cccc(N(C)C)c1)C1CNC1. The van der Waals surface area contributed by atoms with E-state index in [0.717, 1.165) is 32.5 Å². The van der Waals surface area contributed by atoms with E-state index < -0.39 is 0 Å². The van der Waals surface area contributed by atoms with Gasteiger partial charge in [-0.3, -0.25) is 4.79 Å². The van der Waals surface area contributed by atoms with Crippen LogP contribution in [0.15, 0.2) is 24.3 Å². The average molecular weight is 301 g/mol. The van der Waals surface area contributed by atoms with Gasteiger partial charge >= 0.3 is 0 Å². The molecule has 1 aromatic carbocycles. The number of likely N-dealkylation sites (tertiary alicyclic amines) is 1. The Morgan fingerprint density at radius 3 is 2.77 bits per heavy atom. The first kappa shape index (κ1) is 15.3. The normalized spacial score (nSPS) is 23.2. The van der Waals surface area contributed by atoms with E-state index in [4.69, 9.17) is 0 Å². The fourth-order valence-electron chi connectivity index (χ4n) is 3.52. The van der Waals surface area contributed by atoms with Crippen LogP contribution in [0.4, 0.5) is 5.69 Å². The summed E-state index contributed by atoms with van der Waals surface area (Å²) in [6, 6.07) is 8.87. The minimum Gasteiger partial charge on any atom is -0.378 e. The van der Waals surface area contributed by atoms with Crippen LogP contribution in [0.5, 0.6) is 0 Å². The van der Waals surface area contributed by atoms with Crippen LogP contribution in [0.1, 0.15) is 31.4 Å². The number of nitrogens with one attached hydrogen (secondary N) is 1. The Morgan fingerprint density at radius 2 is 2.14 bits per heavy atom. The largest absolute Gasteiger partial charge is 0.378 e. The van der Waals surface area contributed by atoms with E-state index in [-0.39, 0.29) is 12.0 Å². The number of hydrogen-bond donors (Lipinski definition) is 1. The van der Waals surface area contributed by atoms with E-state index in [1.54, 1.807) is 0 Å². The molecule has 2 unspecified atom stereocenters. The van der Waals surface area contributed by atoms with Gasteiger partial charge in [-0.25, -0.2) is 0 Å². The molecular formula is C18H27N3O. The molecule has 120 valence electrons. The maximum atomic E-state index is 12.9. The van der Waals surface area contributed by atoms with Gasteiger partial charge in [0.15, 0.2) is 0 Å². The van der Waals surface area contributed by atoms with Gasteiger partial charge in [0.05, 0.1) is 6.04 Å². The number of amides is 1. The Morgan fingerprint density at radius 1 is 1.36 bits per heavy atom. The summed E-state index contributed by atoms with van der Waals surface area (Å²) in [5, 5.41) is 3.27. The summed E-state index contributed by atoms with van der Waals surface area (Å²) in [5.74, 6) is 0.991. The molecule has 4 nitrogen and oxygen atoms in total. The lowest BCUT2D eigenvalue weighted by Crippen LogP contribution is -2.50. The summed E-state index contributed by atoms with van der Waals surface area (Å²) in [5.41, 5.74) is 2.48. The fourth-order valence-corrected chi connectivity index (χ4v) is 3.52. The number of nitrogens with zero attached hydrogens (tertiary/aromatic N) is 2. The molecule has 2 aliphatic rings. The molecule has 0 aromatic heterocycles. The summed E-state index contributed by atoms with van der Waals surface area (Å²) in [4.78, 5) is 17.1. The van der Waals surface area contributed by atoms with Crippen molar-refractivity contribution in [2.45, 2.75) is 25.8 Å². The van der Waals surface area contributed by atoms with Crippen LogP contribution in [-0.2, 0) is 4.79 Å². The predicted octanol–water partition coefficient (Wildman–Crippen LogP) is 2.27. The van der Waals surface area contributed by atoms with Gasteiger partial charge in [0.25, 0.3) is 0 Å². The van der Waals surface area contributed by atoms with E-state index in [0.29, 0.717) is 11.8 Å². The van der Waals surface area contributed by atoms with Gasteiger partial charge in [-0.2, -0.15) is 0 Å². The van der Waals surface area contributed by atoms with Crippen LogP contribution >= 0.6 is 0 Å². The Labute approximate surface area is 133 Å². The Hall–Kier alpha value is -1.55. The molecule has 0 radical (unpaired) electrons. The molecule has 1 N–H and O–H groups in total. The van der Waals surface area contributed by atoms with Gasteiger partial charge in [-0.1, -0.05) is 19.1 Å². The van der Waals surface area contributed by atoms with Gasteiger partial charge in [-0.05, 0) is 49.5 Å². The fraction of sp³-hybridized carbons (Fsp3) is 0.611. The standard InChI is InChI=1S/C18H27N3O/c1-13(15-11-19-12-15)18(22)21-9-5-8-17(21)14-6-4-7-16(10-14)20(2)3/h4,6-7,10,13,15,17,19H,5,8-9,11-12H2,1-3H3. The predicted molar refractivity (Wildman–Crippen MR) is 90.0 cm³/mol. The zero-order valence-corrected chi connectivity index (χ0v) is 13.9. The Bertz CT molecular complexity index is 539. The van der Waals surface area contributed by atoms with Crippen LogP contribution in [0.3, 0.4) is 0 Å². The van der Waals surface area contributed by atoms with Crippen LogP contribution in [0.25, 0.3) is 0 Å². The van der Waals surface area contributed by atoms with E-state index in [9.17, 15) is 4.79 Å². The highest BCUT2D eigenvalue weighted by Crippen LogP contribution is 2.35. The molecule has 1 aromatic rings. The molecule has 0 spiro atoms. The van der Waals surface area contributed by atoms with Gasteiger partial charge < -0.3 is 15.1 Å². The van der Waals surface area contributed by atoms with Crippen molar-refractivity contribution >= 4 is 11.6 Å². The smallest absolute Gasteiger partial charge is 0.226 e. The first-order valence-electron chi connectivity index (χ1n) is 8.36. The molecule has 0 aliphatic carbocycles. The van der Waals surface area contributed by atoms with E-state index >= 15 is 0 Å². The number of benzene rings is 1. The topological polar surface area (TPSA) is 35.6 Å². The van der Waals surface area contributed by atoms with Crippen LogP contribution in [0, 0.1) is 11.8 Å². The van der Waals surface area contributed by atoms with E-state index in [1.807, 2.05) is 0 Å². The summed E-state index contributed by atoms with van der Waals surface area (Å²) in [7, 11) is 4.12. The second-order valence-corrected chi connectivity index (χ2v) is 6.89. The van der Waals surface area contributed by atoms with Gasteiger partial charge in [0.1, 0.15) is 0 Å². The van der Waals surface area contributed by atoms with Crippen LogP contribution < -0.4 is 10.2 Å². The van der Waals surface area contributed by atoms with E-state index in [2.05, 4.69) is 60.4 Å². The summed E-state index contributed by atoms with van der Waals surface area (Å²) in [6.07, 6.45) is 2.19. The third-order valence-electron chi connectivity index (χ3n) is 5.22. The summed E-state index contributed by atoms with van der Waals surface area (Å²) in [6.45, 7) is 4.97. The first-order chi connectivity index (χ1) is 10.6. The Kier molecular flexibility index (Phi) is 4.39. The molecule has 0 bridgehead atoms. The summed E-state index contributed by atoms with van der Waals surface area (Å²) < 4.78 is 0. The third kappa shape index (κ3) is 2.84. The average Bonchev–Trinajstić information content (AvgIpc) is 2.94. The van der Waals surface area contributed by atoms with Crippen molar-refractivity contribution in [1.29, 1.82) is 0 Å². The molecule has 3 rings (SSSR count). The third-order valence-corrected chi connectivity index (χ3v) is 5.22. The molecule has 2 fully saturated rings. The highest BCUT2D eigenvalue weighted by Gasteiger charge is 2.36. The van der Waals surface area contributed by atoms with Gasteiger partial charge in [0.2, 0.25) is 5.91 Å². The zero-order valence-electron chi connectivity index (χ0n) is 13.9. The van der Waals surface area contributed by atoms with Gasteiger partial charge in [-0.15, -0.1) is 0 Å². The van der Waals surface area contributed by atoms with Crippen LogP contribution in [0.2, 0.25) is 0 Å². The molecule has 2 aliphatic heterocycles. The van der Waals surface area contributed by atoms with Gasteiger partial charge in [0, 0.05) is 32.2 Å². The van der Waals surface area contributed by atoms with Crippen molar-refractivity contribution in [1.82, 2.24) is 10.2 Å². The quantitative estimate of drug-likeness (QED) is 0.927. The minimum absolute atomic E-state index is 0.138. The molecule has 2 saturated heterocycles. The number of anilines is 1. The second kappa shape index (κ2) is 6.29. The van der Waals surface area contributed by atoms with Crippen molar-refractivity contribution < 1.29 is 4.79 Å². The number of carbonyl (C=O) groups excluding carboxylic acids is 1. The van der Waals surface area contributed by atoms with Crippen molar-refractivity contribution in [3.63, 3.8) is 0 Å². The first-order valence-corrected chi connectivity index (χ1v) is 8.36. The highest BCUT2D eigenvalue weighted by molar-refractivity contribution is 5.80. The van der Waals surface area contributed by atoms with Crippen molar-refractivity contribution in [2.75, 3.05) is 38.6 Å². The molecule has 4 heteroatoms. The number of carbonyl (C=O) groups is 1. The molecule has 2 atom stereocenters. The molecular weight excluding hydrogens is 274 g/mol. The Balaban J connectivity index is 1.77. The van der Waals surface area contributed by atoms with Crippen LogP contribution in [-0.4, -0.2) is 44.5 Å².